The summed E-state index contributed by atoms with van der Waals surface area (Å²) in [7, 11) is 0. The van der Waals surface area contributed by atoms with Gasteiger partial charge in [-0.2, -0.15) is 13.2 Å². The number of nitrogens with zero attached hydrogens (tertiary/aromatic N) is 3. The monoisotopic (exact) mass is 357 g/mol. The number of carbonyl (C=O) groups is 1. The fraction of sp³-hybridized carbons (Fsp3) is 0.158. The first-order valence-corrected chi connectivity index (χ1v) is 8.03. The SMILES string of the molecule is O=C1N(c2cncc(C(F)(F)F)c2)CCN1c1ccc2ccccc2c1. The predicted octanol–water partition coefficient (Wildman–Crippen LogP) is 4.70. The van der Waals surface area contributed by atoms with Crippen LogP contribution in [0.4, 0.5) is 29.3 Å². The number of anilines is 2. The Bertz CT molecular complexity index is 987. The third-order valence-electron chi connectivity index (χ3n) is 4.42. The van der Waals surface area contributed by atoms with Gasteiger partial charge in [0.1, 0.15) is 0 Å². The highest BCUT2D eigenvalue weighted by atomic mass is 19.4. The Morgan fingerprint density at radius 2 is 1.54 bits per heavy atom. The van der Waals surface area contributed by atoms with Crippen LogP contribution in [-0.4, -0.2) is 24.1 Å². The van der Waals surface area contributed by atoms with Gasteiger partial charge in [0.05, 0.1) is 17.4 Å². The third-order valence-corrected chi connectivity index (χ3v) is 4.42. The van der Waals surface area contributed by atoms with Crippen molar-refractivity contribution >= 4 is 28.2 Å². The first-order valence-electron chi connectivity index (χ1n) is 8.03. The minimum Gasteiger partial charge on any atom is -0.292 e. The van der Waals surface area contributed by atoms with Gasteiger partial charge >= 0.3 is 12.2 Å². The van der Waals surface area contributed by atoms with Crippen molar-refractivity contribution in [2.24, 2.45) is 0 Å². The summed E-state index contributed by atoms with van der Waals surface area (Å²) < 4.78 is 38.7. The molecule has 4 nitrogen and oxygen atoms in total. The molecule has 0 spiro atoms. The number of benzene rings is 2. The third kappa shape index (κ3) is 2.85. The minimum absolute atomic E-state index is 0.146. The van der Waals surface area contributed by atoms with Gasteiger partial charge in [0.15, 0.2) is 0 Å². The second-order valence-corrected chi connectivity index (χ2v) is 6.05. The van der Waals surface area contributed by atoms with Crippen LogP contribution in [0.3, 0.4) is 0 Å². The zero-order valence-corrected chi connectivity index (χ0v) is 13.6. The van der Waals surface area contributed by atoms with Gasteiger partial charge < -0.3 is 0 Å². The first kappa shape index (κ1) is 16.4. The van der Waals surface area contributed by atoms with Crippen molar-refractivity contribution < 1.29 is 18.0 Å². The molecule has 0 atom stereocenters. The summed E-state index contributed by atoms with van der Waals surface area (Å²) in [6.07, 6.45) is -2.47. The van der Waals surface area contributed by atoms with E-state index in [-0.39, 0.29) is 11.7 Å². The van der Waals surface area contributed by atoms with Crippen LogP contribution in [-0.2, 0) is 6.18 Å². The van der Waals surface area contributed by atoms with E-state index in [0.717, 1.165) is 28.7 Å². The molecule has 0 radical (unpaired) electrons. The molecule has 0 saturated carbocycles. The Hall–Kier alpha value is -3.09. The van der Waals surface area contributed by atoms with E-state index in [9.17, 15) is 18.0 Å². The van der Waals surface area contributed by atoms with Crippen molar-refractivity contribution in [3.05, 3.63) is 66.5 Å². The zero-order chi connectivity index (χ0) is 18.3. The van der Waals surface area contributed by atoms with E-state index >= 15 is 0 Å². The Morgan fingerprint density at radius 1 is 0.846 bits per heavy atom. The molecule has 1 aromatic heterocycles. The molecule has 3 aromatic rings. The van der Waals surface area contributed by atoms with E-state index in [4.69, 9.17) is 0 Å². The number of rotatable bonds is 2. The number of pyridine rings is 1. The molecule has 2 heterocycles. The van der Waals surface area contributed by atoms with Crippen molar-refractivity contribution in [2.75, 3.05) is 22.9 Å². The minimum atomic E-state index is -4.50. The fourth-order valence-corrected chi connectivity index (χ4v) is 3.09. The molecule has 1 aliphatic rings. The van der Waals surface area contributed by atoms with Crippen LogP contribution in [0.5, 0.6) is 0 Å². The molecule has 7 heteroatoms. The average molecular weight is 357 g/mol. The van der Waals surface area contributed by atoms with Crippen LogP contribution in [0.1, 0.15) is 5.56 Å². The molecule has 0 aliphatic carbocycles. The highest BCUT2D eigenvalue weighted by Crippen LogP contribution is 2.33. The summed E-state index contributed by atoms with van der Waals surface area (Å²) in [6, 6.07) is 14.0. The Morgan fingerprint density at radius 3 is 2.27 bits per heavy atom. The van der Waals surface area contributed by atoms with E-state index in [1.165, 1.54) is 11.1 Å². The van der Waals surface area contributed by atoms with Crippen LogP contribution in [0, 0.1) is 0 Å². The number of hydrogen-bond donors (Lipinski definition) is 0. The van der Waals surface area contributed by atoms with Crippen molar-refractivity contribution in [1.29, 1.82) is 0 Å². The van der Waals surface area contributed by atoms with E-state index in [1.807, 2.05) is 42.5 Å². The van der Waals surface area contributed by atoms with Crippen LogP contribution in [0.25, 0.3) is 10.8 Å². The fourth-order valence-electron chi connectivity index (χ4n) is 3.09. The number of aromatic nitrogens is 1. The maximum absolute atomic E-state index is 12.9. The summed E-state index contributed by atoms with van der Waals surface area (Å²) in [5.74, 6) is 0. The van der Waals surface area contributed by atoms with Crippen molar-refractivity contribution in [2.45, 2.75) is 6.18 Å². The zero-order valence-electron chi connectivity index (χ0n) is 13.6. The van der Waals surface area contributed by atoms with Crippen molar-refractivity contribution in [1.82, 2.24) is 4.98 Å². The molecular weight excluding hydrogens is 343 g/mol. The maximum atomic E-state index is 12.9. The average Bonchev–Trinajstić information content (AvgIpc) is 3.02. The van der Waals surface area contributed by atoms with Crippen LogP contribution in [0.2, 0.25) is 0 Å². The molecule has 4 rings (SSSR count). The van der Waals surface area contributed by atoms with Crippen molar-refractivity contribution in [3.63, 3.8) is 0 Å². The van der Waals surface area contributed by atoms with E-state index in [0.29, 0.717) is 13.1 Å². The normalized spacial score (nSPS) is 15.1. The van der Waals surface area contributed by atoms with Gasteiger partial charge in [-0.25, -0.2) is 4.79 Å². The second-order valence-electron chi connectivity index (χ2n) is 6.05. The van der Waals surface area contributed by atoms with E-state index in [1.54, 1.807) is 4.90 Å². The van der Waals surface area contributed by atoms with Gasteiger partial charge in [-0.05, 0) is 29.0 Å². The lowest BCUT2D eigenvalue weighted by molar-refractivity contribution is -0.137. The molecule has 0 N–H and O–H groups in total. The lowest BCUT2D eigenvalue weighted by Crippen LogP contribution is -2.31. The summed E-state index contributed by atoms with van der Waals surface area (Å²) in [4.78, 5) is 19.3. The second kappa shape index (κ2) is 6.01. The Labute approximate surface area is 147 Å². The van der Waals surface area contributed by atoms with E-state index in [2.05, 4.69) is 4.98 Å². The molecule has 1 aliphatic heterocycles. The lowest BCUT2D eigenvalue weighted by Gasteiger charge is -2.19. The van der Waals surface area contributed by atoms with Gasteiger partial charge in [-0.1, -0.05) is 30.3 Å². The highest BCUT2D eigenvalue weighted by Gasteiger charge is 2.34. The number of halogens is 3. The predicted molar refractivity (Wildman–Crippen MR) is 93.3 cm³/mol. The topological polar surface area (TPSA) is 36.4 Å². The molecule has 0 unspecified atom stereocenters. The number of amides is 2. The van der Waals surface area contributed by atoms with Crippen molar-refractivity contribution in [3.8, 4) is 0 Å². The summed E-state index contributed by atoms with van der Waals surface area (Å²) in [6.45, 7) is 0.696. The van der Waals surface area contributed by atoms with Gasteiger partial charge in [-0.15, -0.1) is 0 Å². The number of hydrogen-bond acceptors (Lipinski definition) is 2. The Kier molecular flexibility index (Phi) is 3.79. The lowest BCUT2D eigenvalue weighted by atomic mass is 10.1. The van der Waals surface area contributed by atoms with Crippen LogP contribution < -0.4 is 9.80 Å². The molecule has 132 valence electrons. The van der Waals surface area contributed by atoms with Crippen LogP contribution in [0.15, 0.2) is 60.9 Å². The molecule has 2 aromatic carbocycles. The maximum Gasteiger partial charge on any atom is 0.417 e. The standard InChI is InChI=1S/C19H14F3N3O/c20-19(21,22)15-10-17(12-23-11-15)25-8-7-24(18(25)26)16-6-5-13-3-1-2-4-14(13)9-16/h1-6,9-12H,7-8H2. The molecule has 2 amide bonds. The molecule has 1 fully saturated rings. The number of urea groups is 1. The molecule has 1 saturated heterocycles. The number of alkyl halides is 3. The smallest absolute Gasteiger partial charge is 0.292 e. The van der Waals surface area contributed by atoms with E-state index < -0.39 is 11.7 Å². The largest absolute Gasteiger partial charge is 0.417 e. The quantitative estimate of drug-likeness (QED) is 0.667. The number of carbonyl (C=O) groups excluding carboxylic acids is 1. The van der Waals surface area contributed by atoms with Gasteiger partial charge in [0.25, 0.3) is 0 Å². The van der Waals surface area contributed by atoms with Gasteiger partial charge in [0, 0.05) is 25.0 Å². The molecule has 0 bridgehead atoms. The Balaban J connectivity index is 1.63. The molecular formula is C19H14F3N3O. The molecule has 26 heavy (non-hydrogen) atoms. The summed E-state index contributed by atoms with van der Waals surface area (Å²) in [5.41, 5.74) is -0.00351. The first-order chi connectivity index (χ1) is 12.4. The highest BCUT2D eigenvalue weighted by molar-refractivity contribution is 6.07. The summed E-state index contributed by atoms with van der Waals surface area (Å²) >= 11 is 0. The number of fused-ring (bicyclic) bond motifs is 1. The van der Waals surface area contributed by atoms with Crippen LogP contribution >= 0.6 is 0 Å². The summed E-state index contributed by atoms with van der Waals surface area (Å²) in [5, 5.41) is 2.05. The van der Waals surface area contributed by atoms with Gasteiger partial charge in [-0.3, -0.25) is 14.8 Å². The van der Waals surface area contributed by atoms with Gasteiger partial charge in [0.2, 0.25) is 0 Å².